The SMILES string of the molecule is COc1ccccc1OCCN(C)C(=O)C1CCCC1N. The van der Waals surface area contributed by atoms with Crippen molar-refractivity contribution >= 4 is 5.91 Å². The molecule has 0 saturated heterocycles. The standard InChI is InChI=1S/C16H24N2O3/c1-18(16(19)12-6-5-7-13(12)17)10-11-21-15-9-4-3-8-14(15)20-2/h3-4,8-9,12-13H,5-7,10-11,17H2,1-2H3. The van der Waals surface area contributed by atoms with Crippen LogP contribution in [-0.4, -0.2) is 44.2 Å². The second-order valence-corrected chi connectivity index (χ2v) is 5.46. The van der Waals surface area contributed by atoms with Crippen LogP contribution in [-0.2, 0) is 4.79 Å². The lowest BCUT2D eigenvalue weighted by molar-refractivity contribution is -0.134. The van der Waals surface area contributed by atoms with Gasteiger partial charge in [0, 0.05) is 13.1 Å². The molecule has 5 heteroatoms. The van der Waals surface area contributed by atoms with Gasteiger partial charge in [-0.3, -0.25) is 4.79 Å². The van der Waals surface area contributed by atoms with E-state index in [2.05, 4.69) is 0 Å². The van der Waals surface area contributed by atoms with E-state index in [9.17, 15) is 4.79 Å². The molecule has 1 fully saturated rings. The Bertz CT molecular complexity index is 478. The molecule has 1 aromatic carbocycles. The fourth-order valence-electron chi connectivity index (χ4n) is 2.72. The number of rotatable bonds is 6. The molecule has 21 heavy (non-hydrogen) atoms. The molecule has 0 spiro atoms. The molecule has 1 aliphatic carbocycles. The molecule has 0 aliphatic heterocycles. The zero-order valence-electron chi connectivity index (χ0n) is 12.7. The van der Waals surface area contributed by atoms with Crippen LogP contribution in [0.2, 0.25) is 0 Å². The highest BCUT2D eigenvalue weighted by Gasteiger charge is 2.31. The number of hydrogen-bond acceptors (Lipinski definition) is 4. The summed E-state index contributed by atoms with van der Waals surface area (Å²) >= 11 is 0. The number of carbonyl (C=O) groups is 1. The average molecular weight is 292 g/mol. The predicted octanol–water partition coefficient (Wildman–Crippen LogP) is 1.66. The van der Waals surface area contributed by atoms with E-state index in [-0.39, 0.29) is 17.9 Å². The summed E-state index contributed by atoms with van der Waals surface area (Å²) in [5.74, 6) is 1.49. The van der Waals surface area contributed by atoms with E-state index >= 15 is 0 Å². The number of ether oxygens (including phenoxy) is 2. The molecule has 1 amide bonds. The molecule has 2 atom stereocenters. The predicted molar refractivity (Wildman–Crippen MR) is 81.4 cm³/mol. The normalized spacial score (nSPS) is 21.1. The molecule has 0 radical (unpaired) electrons. The Morgan fingerprint density at radius 2 is 2.05 bits per heavy atom. The lowest BCUT2D eigenvalue weighted by Crippen LogP contribution is -2.41. The number of nitrogens with zero attached hydrogens (tertiary/aromatic N) is 1. The van der Waals surface area contributed by atoms with E-state index in [1.165, 1.54) is 0 Å². The summed E-state index contributed by atoms with van der Waals surface area (Å²) < 4.78 is 10.9. The van der Waals surface area contributed by atoms with E-state index in [0.717, 1.165) is 19.3 Å². The van der Waals surface area contributed by atoms with E-state index in [1.807, 2.05) is 24.3 Å². The van der Waals surface area contributed by atoms with Gasteiger partial charge in [-0.25, -0.2) is 0 Å². The molecule has 1 aliphatic rings. The quantitative estimate of drug-likeness (QED) is 0.866. The van der Waals surface area contributed by atoms with Gasteiger partial charge in [0.25, 0.3) is 0 Å². The third kappa shape index (κ3) is 3.88. The minimum atomic E-state index is -0.0266. The van der Waals surface area contributed by atoms with Crippen molar-refractivity contribution in [3.63, 3.8) is 0 Å². The van der Waals surface area contributed by atoms with Crippen molar-refractivity contribution in [1.29, 1.82) is 0 Å². The number of methoxy groups -OCH3 is 1. The second-order valence-electron chi connectivity index (χ2n) is 5.46. The van der Waals surface area contributed by atoms with Gasteiger partial charge >= 0.3 is 0 Å². The molecule has 2 rings (SSSR count). The molecule has 5 nitrogen and oxygen atoms in total. The van der Waals surface area contributed by atoms with Crippen molar-refractivity contribution in [2.24, 2.45) is 11.7 Å². The lowest BCUT2D eigenvalue weighted by atomic mass is 10.0. The molecular formula is C16H24N2O3. The molecule has 2 N–H and O–H groups in total. The van der Waals surface area contributed by atoms with Crippen LogP contribution >= 0.6 is 0 Å². The highest BCUT2D eigenvalue weighted by Crippen LogP contribution is 2.27. The van der Waals surface area contributed by atoms with Gasteiger partial charge in [-0.15, -0.1) is 0 Å². The first-order chi connectivity index (χ1) is 10.1. The highest BCUT2D eigenvalue weighted by molar-refractivity contribution is 5.79. The van der Waals surface area contributed by atoms with Crippen molar-refractivity contribution in [3.05, 3.63) is 24.3 Å². The number of hydrogen-bond donors (Lipinski definition) is 1. The summed E-state index contributed by atoms with van der Waals surface area (Å²) in [6, 6.07) is 7.50. The van der Waals surface area contributed by atoms with Crippen LogP contribution in [0.15, 0.2) is 24.3 Å². The first-order valence-corrected chi connectivity index (χ1v) is 7.40. The molecule has 1 saturated carbocycles. The van der Waals surface area contributed by atoms with Gasteiger partial charge in [0.15, 0.2) is 11.5 Å². The maximum Gasteiger partial charge on any atom is 0.227 e. The monoisotopic (exact) mass is 292 g/mol. The van der Waals surface area contributed by atoms with Gasteiger partial charge in [-0.05, 0) is 25.0 Å². The van der Waals surface area contributed by atoms with Crippen molar-refractivity contribution in [2.45, 2.75) is 25.3 Å². The number of carbonyl (C=O) groups excluding carboxylic acids is 1. The van der Waals surface area contributed by atoms with Crippen LogP contribution in [0.4, 0.5) is 0 Å². The van der Waals surface area contributed by atoms with Crippen molar-refractivity contribution in [3.8, 4) is 11.5 Å². The fraction of sp³-hybridized carbons (Fsp3) is 0.562. The van der Waals surface area contributed by atoms with E-state index in [4.69, 9.17) is 15.2 Å². The molecule has 0 heterocycles. The number of benzene rings is 1. The van der Waals surface area contributed by atoms with Crippen molar-refractivity contribution in [2.75, 3.05) is 27.3 Å². The van der Waals surface area contributed by atoms with Gasteiger partial charge in [0.2, 0.25) is 5.91 Å². The molecule has 1 aromatic rings. The number of nitrogens with two attached hydrogens (primary N) is 1. The van der Waals surface area contributed by atoms with Gasteiger partial charge in [-0.2, -0.15) is 0 Å². The van der Waals surface area contributed by atoms with Crippen LogP contribution in [0.1, 0.15) is 19.3 Å². The Morgan fingerprint density at radius 1 is 1.33 bits per heavy atom. The fourth-order valence-corrected chi connectivity index (χ4v) is 2.72. The summed E-state index contributed by atoms with van der Waals surface area (Å²) in [5.41, 5.74) is 5.98. The second kappa shape index (κ2) is 7.31. The Labute approximate surface area is 126 Å². The Balaban J connectivity index is 1.81. The van der Waals surface area contributed by atoms with Crippen LogP contribution < -0.4 is 15.2 Å². The summed E-state index contributed by atoms with van der Waals surface area (Å²) in [5, 5.41) is 0. The topological polar surface area (TPSA) is 64.8 Å². The summed E-state index contributed by atoms with van der Waals surface area (Å²) in [6.07, 6.45) is 2.89. The van der Waals surface area contributed by atoms with E-state index < -0.39 is 0 Å². The van der Waals surface area contributed by atoms with Gasteiger partial charge in [0.1, 0.15) is 6.61 Å². The maximum atomic E-state index is 12.3. The van der Waals surface area contributed by atoms with Crippen LogP contribution in [0.3, 0.4) is 0 Å². The Hall–Kier alpha value is -1.75. The van der Waals surface area contributed by atoms with Gasteiger partial charge in [0.05, 0.1) is 19.6 Å². The largest absolute Gasteiger partial charge is 0.493 e. The van der Waals surface area contributed by atoms with Crippen LogP contribution in [0.5, 0.6) is 11.5 Å². The van der Waals surface area contributed by atoms with Crippen LogP contribution in [0.25, 0.3) is 0 Å². The average Bonchev–Trinajstić information content (AvgIpc) is 2.93. The van der Waals surface area contributed by atoms with Gasteiger partial charge in [-0.1, -0.05) is 18.6 Å². The summed E-state index contributed by atoms with van der Waals surface area (Å²) in [4.78, 5) is 14.0. The summed E-state index contributed by atoms with van der Waals surface area (Å²) in [6.45, 7) is 0.977. The highest BCUT2D eigenvalue weighted by atomic mass is 16.5. The zero-order chi connectivity index (χ0) is 15.2. The Kier molecular flexibility index (Phi) is 5.44. The maximum absolute atomic E-state index is 12.3. The number of para-hydroxylation sites is 2. The minimum Gasteiger partial charge on any atom is -0.493 e. The molecule has 0 aromatic heterocycles. The Morgan fingerprint density at radius 3 is 2.67 bits per heavy atom. The van der Waals surface area contributed by atoms with Crippen molar-refractivity contribution in [1.82, 2.24) is 4.90 Å². The minimum absolute atomic E-state index is 0.00934. The number of amides is 1. The van der Waals surface area contributed by atoms with Crippen molar-refractivity contribution < 1.29 is 14.3 Å². The first-order valence-electron chi connectivity index (χ1n) is 7.40. The lowest BCUT2D eigenvalue weighted by Gasteiger charge is -2.23. The molecule has 116 valence electrons. The van der Waals surface area contributed by atoms with Gasteiger partial charge < -0.3 is 20.1 Å². The zero-order valence-corrected chi connectivity index (χ0v) is 12.7. The van der Waals surface area contributed by atoms with Crippen LogP contribution in [0, 0.1) is 5.92 Å². The van der Waals surface area contributed by atoms with E-state index in [1.54, 1.807) is 19.1 Å². The molecule has 2 unspecified atom stereocenters. The van der Waals surface area contributed by atoms with E-state index in [0.29, 0.717) is 24.7 Å². The molecule has 0 bridgehead atoms. The smallest absolute Gasteiger partial charge is 0.227 e. The molecular weight excluding hydrogens is 268 g/mol. The third-order valence-corrected chi connectivity index (χ3v) is 4.02. The third-order valence-electron chi connectivity index (χ3n) is 4.02. The first kappa shape index (κ1) is 15.6. The number of likely N-dealkylation sites (N-methyl/N-ethyl adjacent to an activating group) is 1. The summed E-state index contributed by atoms with van der Waals surface area (Å²) in [7, 11) is 3.41.